The number of aliphatic hydroxyl groups excluding tert-OH is 1. The van der Waals surface area contributed by atoms with Crippen LogP contribution in [0.5, 0.6) is 5.75 Å². The molecule has 1 aromatic rings. The highest BCUT2D eigenvalue weighted by Gasteiger charge is 2.02. The van der Waals surface area contributed by atoms with Crippen molar-refractivity contribution in [1.82, 2.24) is 5.32 Å². The second-order valence-corrected chi connectivity index (χ2v) is 3.69. The van der Waals surface area contributed by atoms with Crippen molar-refractivity contribution in [1.29, 1.82) is 0 Å². The Morgan fingerprint density at radius 2 is 2.07 bits per heavy atom. The van der Waals surface area contributed by atoms with Crippen LogP contribution in [0.15, 0.2) is 18.2 Å². The van der Waals surface area contributed by atoms with Crippen LogP contribution in [0.4, 0.5) is 0 Å². The molecule has 0 aliphatic heterocycles. The van der Waals surface area contributed by atoms with Crippen LogP contribution in [0.25, 0.3) is 0 Å². The van der Waals surface area contributed by atoms with Crippen LogP contribution in [0.1, 0.15) is 24.0 Å². The summed E-state index contributed by atoms with van der Waals surface area (Å²) in [5.74, 6) is 0.382. The van der Waals surface area contributed by atoms with E-state index in [1.807, 2.05) is 25.1 Å². The Bertz CT molecular complexity index is 300. The third-order valence-corrected chi connectivity index (χ3v) is 2.40. The molecular formula is C12H19NO2. The Morgan fingerprint density at radius 1 is 1.27 bits per heavy atom. The lowest BCUT2D eigenvalue weighted by Crippen LogP contribution is -2.15. The van der Waals surface area contributed by atoms with E-state index in [-0.39, 0.29) is 6.61 Å². The van der Waals surface area contributed by atoms with E-state index < -0.39 is 0 Å². The van der Waals surface area contributed by atoms with E-state index in [1.54, 1.807) is 0 Å². The van der Waals surface area contributed by atoms with Gasteiger partial charge in [-0.3, -0.25) is 0 Å². The molecule has 0 bridgehead atoms. The largest absolute Gasteiger partial charge is 0.507 e. The van der Waals surface area contributed by atoms with Gasteiger partial charge in [0.1, 0.15) is 5.75 Å². The van der Waals surface area contributed by atoms with E-state index in [0.717, 1.165) is 30.5 Å². The van der Waals surface area contributed by atoms with E-state index in [1.165, 1.54) is 0 Å². The van der Waals surface area contributed by atoms with Gasteiger partial charge in [0.15, 0.2) is 0 Å². The lowest BCUT2D eigenvalue weighted by atomic mass is 10.1. The predicted molar refractivity (Wildman–Crippen MR) is 60.9 cm³/mol. The standard InChI is InChI=1S/C12H19NO2/c1-10-5-4-6-11(12(10)15)9-13-7-2-3-8-14/h4-6,13-15H,2-3,7-9H2,1H3. The van der Waals surface area contributed by atoms with Crippen molar-refractivity contribution in [3.8, 4) is 5.75 Å². The highest BCUT2D eigenvalue weighted by atomic mass is 16.3. The fourth-order valence-corrected chi connectivity index (χ4v) is 1.45. The second kappa shape index (κ2) is 6.43. The Morgan fingerprint density at radius 3 is 2.80 bits per heavy atom. The minimum atomic E-state index is 0.247. The third kappa shape index (κ3) is 3.90. The lowest BCUT2D eigenvalue weighted by molar-refractivity contribution is 0.283. The van der Waals surface area contributed by atoms with Crippen molar-refractivity contribution >= 4 is 0 Å². The van der Waals surface area contributed by atoms with Crippen molar-refractivity contribution in [3.05, 3.63) is 29.3 Å². The second-order valence-electron chi connectivity index (χ2n) is 3.69. The van der Waals surface area contributed by atoms with Crippen LogP contribution in [0, 0.1) is 6.92 Å². The summed E-state index contributed by atoms with van der Waals surface area (Å²) >= 11 is 0. The molecule has 0 fully saturated rings. The summed E-state index contributed by atoms with van der Waals surface area (Å²) in [6.07, 6.45) is 1.79. The molecule has 0 aliphatic carbocycles. The molecule has 84 valence electrons. The van der Waals surface area contributed by atoms with Crippen LogP contribution in [0.3, 0.4) is 0 Å². The Labute approximate surface area is 90.8 Å². The number of hydrogen-bond donors (Lipinski definition) is 3. The summed E-state index contributed by atoms with van der Waals surface area (Å²) in [7, 11) is 0. The minimum absolute atomic E-state index is 0.247. The molecule has 3 heteroatoms. The van der Waals surface area contributed by atoms with Crippen molar-refractivity contribution in [2.45, 2.75) is 26.3 Å². The number of aryl methyl sites for hydroxylation is 1. The van der Waals surface area contributed by atoms with Crippen molar-refractivity contribution in [2.75, 3.05) is 13.2 Å². The average molecular weight is 209 g/mol. The van der Waals surface area contributed by atoms with Gasteiger partial charge >= 0.3 is 0 Å². The van der Waals surface area contributed by atoms with Gasteiger partial charge in [0, 0.05) is 18.7 Å². The lowest BCUT2D eigenvalue weighted by Gasteiger charge is -2.08. The first kappa shape index (κ1) is 12.0. The molecule has 0 unspecified atom stereocenters. The van der Waals surface area contributed by atoms with E-state index in [4.69, 9.17) is 5.11 Å². The van der Waals surface area contributed by atoms with Gasteiger partial charge in [-0.05, 0) is 31.9 Å². The number of nitrogens with one attached hydrogen (secondary N) is 1. The molecule has 0 aromatic heterocycles. The van der Waals surface area contributed by atoms with Crippen LogP contribution >= 0.6 is 0 Å². The number of rotatable bonds is 6. The first-order valence-electron chi connectivity index (χ1n) is 5.34. The molecule has 0 heterocycles. The van der Waals surface area contributed by atoms with E-state index in [0.29, 0.717) is 12.3 Å². The Balaban J connectivity index is 2.34. The molecule has 0 amide bonds. The molecular weight excluding hydrogens is 190 g/mol. The SMILES string of the molecule is Cc1cccc(CNCCCCO)c1O. The smallest absolute Gasteiger partial charge is 0.122 e. The predicted octanol–water partition coefficient (Wildman–Crippen LogP) is 1.56. The maximum atomic E-state index is 9.72. The molecule has 0 atom stereocenters. The molecule has 3 N–H and O–H groups in total. The van der Waals surface area contributed by atoms with Gasteiger partial charge in [-0.1, -0.05) is 18.2 Å². The van der Waals surface area contributed by atoms with Gasteiger partial charge in [-0.25, -0.2) is 0 Å². The molecule has 1 aromatic carbocycles. The van der Waals surface area contributed by atoms with Gasteiger partial charge in [0.05, 0.1) is 0 Å². The van der Waals surface area contributed by atoms with Crippen LogP contribution in [-0.4, -0.2) is 23.4 Å². The highest BCUT2D eigenvalue weighted by Crippen LogP contribution is 2.20. The zero-order valence-corrected chi connectivity index (χ0v) is 9.16. The molecule has 0 spiro atoms. The Kier molecular flexibility index (Phi) is 5.15. The van der Waals surface area contributed by atoms with Gasteiger partial charge in [-0.15, -0.1) is 0 Å². The van der Waals surface area contributed by atoms with Crippen molar-refractivity contribution < 1.29 is 10.2 Å². The summed E-state index contributed by atoms with van der Waals surface area (Å²) in [5.41, 5.74) is 1.84. The molecule has 0 radical (unpaired) electrons. The van der Waals surface area contributed by atoms with E-state index in [9.17, 15) is 5.11 Å². The zero-order chi connectivity index (χ0) is 11.1. The summed E-state index contributed by atoms with van der Waals surface area (Å²) in [4.78, 5) is 0. The van der Waals surface area contributed by atoms with Gasteiger partial charge in [-0.2, -0.15) is 0 Å². The summed E-state index contributed by atoms with van der Waals surface area (Å²) in [6.45, 7) is 3.69. The minimum Gasteiger partial charge on any atom is -0.507 e. The van der Waals surface area contributed by atoms with Crippen LogP contribution in [-0.2, 0) is 6.54 Å². The van der Waals surface area contributed by atoms with Gasteiger partial charge in [0.2, 0.25) is 0 Å². The molecule has 0 aliphatic rings. The summed E-state index contributed by atoms with van der Waals surface area (Å²) in [5, 5.41) is 21.5. The maximum Gasteiger partial charge on any atom is 0.122 e. The summed E-state index contributed by atoms with van der Waals surface area (Å²) < 4.78 is 0. The third-order valence-electron chi connectivity index (χ3n) is 2.40. The van der Waals surface area contributed by atoms with Crippen molar-refractivity contribution in [2.24, 2.45) is 0 Å². The van der Waals surface area contributed by atoms with E-state index >= 15 is 0 Å². The number of phenols is 1. The highest BCUT2D eigenvalue weighted by molar-refractivity contribution is 5.39. The normalized spacial score (nSPS) is 10.5. The molecule has 1 rings (SSSR count). The van der Waals surface area contributed by atoms with Crippen LogP contribution in [0.2, 0.25) is 0 Å². The monoisotopic (exact) mass is 209 g/mol. The fourth-order valence-electron chi connectivity index (χ4n) is 1.45. The topological polar surface area (TPSA) is 52.5 Å². The molecule has 3 nitrogen and oxygen atoms in total. The number of aliphatic hydroxyl groups is 1. The molecule has 15 heavy (non-hydrogen) atoms. The van der Waals surface area contributed by atoms with Crippen molar-refractivity contribution in [3.63, 3.8) is 0 Å². The number of unbranched alkanes of at least 4 members (excludes halogenated alkanes) is 1. The van der Waals surface area contributed by atoms with Gasteiger partial charge < -0.3 is 15.5 Å². The quantitative estimate of drug-likeness (QED) is 0.623. The number of benzene rings is 1. The first-order valence-corrected chi connectivity index (χ1v) is 5.34. The maximum absolute atomic E-state index is 9.72. The Hall–Kier alpha value is -1.06. The summed E-state index contributed by atoms with van der Waals surface area (Å²) in [6, 6.07) is 5.76. The van der Waals surface area contributed by atoms with E-state index in [2.05, 4.69) is 5.32 Å². The van der Waals surface area contributed by atoms with Crippen LogP contribution < -0.4 is 5.32 Å². The zero-order valence-electron chi connectivity index (χ0n) is 9.16. The number of phenolic OH excluding ortho intramolecular Hbond substituents is 1. The number of para-hydroxylation sites is 1. The first-order chi connectivity index (χ1) is 7.25. The average Bonchev–Trinajstić information content (AvgIpc) is 2.24. The number of aromatic hydroxyl groups is 1. The number of hydrogen-bond acceptors (Lipinski definition) is 3. The fraction of sp³-hybridized carbons (Fsp3) is 0.500. The molecule has 0 saturated carbocycles. The molecule has 0 saturated heterocycles. The van der Waals surface area contributed by atoms with Gasteiger partial charge in [0.25, 0.3) is 0 Å².